The Labute approximate surface area is 101 Å². The van der Waals surface area contributed by atoms with Crippen LogP contribution in [0.4, 0.5) is 4.79 Å². The lowest BCUT2D eigenvalue weighted by molar-refractivity contribution is -0.139. The number of likely N-dealkylation sites (tertiary alicyclic amines) is 1. The molecule has 2 N–H and O–H groups in total. The number of urea groups is 1. The Hall–Kier alpha value is -1.26. The lowest BCUT2D eigenvalue weighted by atomic mass is 10.2. The maximum absolute atomic E-state index is 11.9. The highest BCUT2D eigenvalue weighted by atomic mass is 16.4. The minimum absolute atomic E-state index is 0.142. The number of carbonyl (C=O) groups is 2. The molecule has 1 unspecified atom stereocenters. The van der Waals surface area contributed by atoms with Gasteiger partial charge in [0.2, 0.25) is 0 Å². The number of nitrogens with one attached hydrogen (secondary N) is 1. The molecule has 96 valence electrons. The predicted octanol–water partition coefficient (Wildman–Crippen LogP) is 1.44. The number of amides is 2. The van der Waals surface area contributed by atoms with Crippen LogP contribution in [0.15, 0.2) is 0 Å². The number of rotatable bonds is 3. The molecule has 0 spiro atoms. The van der Waals surface area contributed by atoms with E-state index in [1.54, 1.807) is 4.90 Å². The normalized spacial score (nSPS) is 22.7. The van der Waals surface area contributed by atoms with Crippen LogP contribution >= 0.6 is 0 Å². The first-order chi connectivity index (χ1) is 8.18. The molecule has 1 saturated carbocycles. The van der Waals surface area contributed by atoms with Crippen molar-refractivity contribution in [1.82, 2.24) is 10.2 Å². The van der Waals surface area contributed by atoms with E-state index in [9.17, 15) is 9.59 Å². The van der Waals surface area contributed by atoms with Gasteiger partial charge in [0.05, 0.1) is 0 Å². The first-order valence-corrected chi connectivity index (χ1v) is 6.47. The Balaban J connectivity index is 1.87. The van der Waals surface area contributed by atoms with Crippen LogP contribution in [0, 0.1) is 5.92 Å². The molecule has 5 nitrogen and oxygen atoms in total. The van der Waals surface area contributed by atoms with Gasteiger partial charge in [0, 0.05) is 13.1 Å². The third kappa shape index (κ3) is 3.35. The highest BCUT2D eigenvalue weighted by molar-refractivity contribution is 5.83. The molecule has 1 aliphatic heterocycles. The number of carboxylic acid groups (broad SMARTS) is 1. The first kappa shape index (κ1) is 12.2. The lowest BCUT2D eigenvalue weighted by Crippen LogP contribution is -2.49. The standard InChI is InChI=1S/C12H20N2O3/c15-11(16)10(9-5-6-9)13-12(17)14-7-3-1-2-4-8-14/h9-10H,1-8H2,(H,13,17)(H,15,16). The second-order valence-electron chi connectivity index (χ2n) is 5.00. The zero-order chi connectivity index (χ0) is 12.3. The maximum atomic E-state index is 11.9. The summed E-state index contributed by atoms with van der Waals surface area (Å²) in [4.78, 5) is 24.7. The van der Waals surface area contributed by atoms with E-state index in [0.29, 0.717) is 0 Å². The van der Waals surface area contributed by atoms with Gasteiger partial charge in [0.25, 0.3) is 0 Å². The molecule has 0 radical (unpaired) electrons. The van der Waals surface area contributed by atoms with Gasteiger partial charge < -0.3 is 15.3 Å². The fourth-order valence-electron chi connectivity index (χ4n) is 2.31. The Bertz CT molecular complexity index is 294. The van der Waals surface area contributed by atoms with E-state index >= 15 is 0 Å². The number of hydrogen-bond acceptors (Lipinski definition) is 2. The topological polar surface area (TPSA) is 69.6 Å². The summed E-state index contributed by atoms with van der Waals surface area (Å²) in [5, 5.41) is 11.7. The van der Waals surface area contributed by atoms with Crippen molar-refractivity contribution >= 4 is 12.0 Å². The van der Waals surface area contributed by atoms with Crippen molar-refractivity contribution in [3.05, 3.63) is 0 Å². The minimum Gasteiger partial charge on any atom is -0.480 e. The molecule has 1 saturated heterocycles. The molecule has 2 aliphatic rings. The first-order valence-electron chi connectivity index (χ1n) is 6.47. The highest BCUT2D eigenvalue weighted by Crippen LogP contribution is 2.32. The van der Waals surface area contributed by atoms with Gasteiger partial charge in [-0.25, -0.2) is 9.59 Å². The summed E-state index contributed by atoms with van der Waals surface area (Å²) in [5.41, 5.74) is 0. The summed E-state index contributed by atoms with van der Waals surface area (Å²) in [6.45, 7) is 1.51. The van der Waals surface area contributed by atoms with Gasteiger partial charge in [-0.15, -0.1) is 0 Å². The second kappa shape index (κ2) is 5.38. The fraction of sp³-hybridized carbons (Fsp3) is 0.833. The summed E-state index contributed by atoms with van der Waals surface area (Å²) < 4.78 is 0. The van der Waals surface area contributed by atoms with Gasteiger partial charge >= 0.3 is 12.0 Å². The van der Waals surface area contributed by atoms with Crippen LogP contribution in [-0.2, 0) is 4.79 Å². The van der Waals surface area contributed by atoms with E-state index in [-0.39, 0.29) is 11.9 Å². The largest absolute Gasteiger partial charge is 0.480 e. The zero-order valence-electron chi connectivity index (χ0n) is 10.0. The van der Waals surface area contributed by atoms with Crippen molar-refractivity contribution in [1.29, 1.82) is 0 Å². The molecule has 2 rings (SSSR count). The molecule has 2 fully saturated rings. The third-order valence-corrected chi connectivity index (χ3v) is 3.53. The summed E-state index contributed by atoms with van der Waals surface area (Å²) in [7, 11) is 0. The summed E-state index contributed by atoms with van der Waals surface area (Å²) >= 11 is 0. The molecule has 1 atom stereocenters. The van der Waals surface area contributed by atoms with Crippen molar-refractivity contribution in [2.45, 2.75) is 44.6 Å². The van der Waals surface area contributed by atoms with E-state index in [1.165, 1.54) is 0 Å². The zero-order valence-corrected chi connectivity index (χ0v) is 10.0. The molecule has 17 heavy (non-hydrogen) atoms. The molecule has 0 aromatic carbocycles. The van der Waals surface area contributed by atoms with Crippen molar-refractivity contribution in [2.75, 3.05) is 13.1 Å². The molecule has 1 aliphatic carbocycles. The monoisotopic (exact) mass is 240 g/mol. The Kier molecular flexibility index (Phi) is 3.86. The SMILES string of the molecule is O=C(O)C(NC(=O)N1CCCCCC1)C1CC1. The number of carbonyl (C=O) groups excluding carboxylic acids is 1. The Morgan fingerprint density at radius 1 is 1.12 bits per heavy atom. The Morgan fingerprint density at radius 3 is 2.18 bits per heavy atom. The predicted molar refractivity (Wildman–Crippen MR) is 62.7 cm³/mol. The molecule has 0 aromatic rings. The molecule has 5 heteroatoms. The molecule has 0 bridgehead atoms. The molecule has 0 aromatic heterocycles. The fourth-order valence-corrected chi connectivity index (χ4v) is 2.31. The van der Waals surface area contributed by atoms with E-state index in [4.69, 9.17) is 5.11 Å². The van der Waals surface area contributed by atoms with Gasteiger partial charge in [0.15, 0.2) is 0 Å². The summed E-state index contributed by atoms with van der Waals surface area (Å²) in [6, 6.07) is -0.892. The summed E-state index contributed by atoms with van der Waals surface area (Å²) in [6.07, 6.45) is 6.20. The van der Waals surface area contributed by atoms with Crippen LogP contribution in [0.5, 0.6) is 0 Å². The maximum Gasteiger partial charge on any atom is 0.326 e. The van der Waals surface area contributed by atoms with Crippen molar-refractivity contribution in [2.24, 2.45) is 5.92 Å². The quantitative estimate of drug-likeness (QED) is 0.784. The van der Waals surface area contributed by atoms with Crippen molar-refractivity contribution < 1.29 is 14.7 Å². The molecular formula is C12H20N2O3. The van der Waals surface area contributed by atoms with Gasteiger partial charge in [-0.1, -0.05) is 12.8 Å². The van der Waals surface area contributed by atoms with Gasteiger partial charge in [0.1, 0.15) is 6.04 Å². The van der Waals surface area contributed by atoms with E-state index in [2.05, 4.69) is 5.32 Å². The highest BCUT2D eigenvalue weighted by Gasteiger charge is 2.37. The van der Waals surface area contributed by atoms with Gasteiger partial charge in [-0.3, -0.25) is 0 Å². The number of aliphatic carboxylic acids is 1. The van der Waals surface area contributed by atoms with Crippen LogP contribution in [-0.4, -0.2) is 41.1 Å². The average molecular weight is 240 g/mol. The van der Waals surface area contributed by atoms with Crippen LogP contribution in [0.3, 0.4) is 0 Å². The number of hydrogen-bond donors (Lipinski definition) is 2. The van der Waals surface area contributed by atoms with Crippen LogP contribution in [0.1, 0.15) is 38.5 Å². The molecular weight excluding hydrogens is 220 g/mol. The molecule has 2 amide bonds. The van der Waals surface area contributed by atoms with Gasteiger partial charge in [-0.05, 0) is 31.6 Å². The van der Waals surface area contributed by atoms with Crippen molar-refractivity contribution in [3.8, 4) is 0 Å². The molecule has 1 heterocycles. The van der Waals surface area contributed by atoms with E-state index in [0.717, 1.165) is 51.6 Å². The minimum atomic E-state index is -0.907. The second-order valence-corrected chi connectivity index (χ2v) is 5.00. The van der Waals surface area contributed by atoms with E-state index in [1.807, 2.05) is 0 Å². The average Bonchev–Trinajstić information content (AvgIpc) is 3.11. The summed E-state index contributed by atoms with van der Waals surface area (Å²) in [5.74, 6) is -0.765. The third-order valence-electron chi connectivity index (χ3n) is 3.53. The number of carboxylic acids is 1. The Morgan fingerprint density at radius 2 is 1.71 bits per heavy atom. The smallest absolute Gasteiger partial charge is 0.326 e. The van der Waals surface area contributed by atoms with Crippen molar-refractivity contribution in [3.63, 3.8) is 0 Å². The lowest BCUT2D eigenvalue weighted by Gasteiger charge is -2.23. The number of nitrogens with zero attached hydrogens (tertiary/aromatic N) is 1. The van der Waals surface area contributed by atoms with Crippen LogP contribution in [0.25, 0.3) is 0 Å². The van der Waals surface area contributed by atoms with Crippen LogP contribution < -0.4 is 5.32 Å². The van der Waals surface area contributed by atoms with E-state index < -0.39 is 12.0 Å². The van der Waals surface area contributed by atoms with Gasteiger partial charge in [-0.2, -0.15) is 0 Å². The van der Waals surface area contributed by atoms with Crippen LogP contribution in [0.2, 0.25) is 0 Å².